The van der Waals surface area contributed by atoms with Crippen LogP contribution in [0, 0.1) is 0 Å². The molecule has 3 aliphatic rings. The van der Waals surface area contributed by atoms with E-state index in [1.54, 1.807) is 29.3 Å². The molecule has 1 spiro atoms. The number of ether oxygens (including phenoxy) is 1. The molecule has 2 fully saturated rings. The Balaban J connectivity index is 1.34. The molecule has 2 aliphatic heterocycles. The quantitative estimate of drug-likeness (QED) is 0.706. The van der Waals surface area contributed by atoms with Crippen molar-refractivity contribution in [2.24, 2.45) is 7.05 Å². The number of carbonyl (C=O) groups is 4. The molecule has 11 nitrogen and oxygen atoms in total. The van der Waals surface area contributed by atoms with Crippen molar-refractivity contribution in [2.75, 3.05) is 25.5 Å². The van der Waals surface area contributed by atoms with E-state index in [-0.39, 0.29) is 24.5 Å². The van der Waals surface area contributed by atoms with Crippen LogP contribution in [0.15, 0.2) is 30.6 Å². The van der Waals surface area contributed by atoms with E-state index in [4.69, 9.17) is 4.74 Å². The van der Waals surface area contributed by atoms with Crippen LogP contribution in [0.3, 0.4) is 0 Å². The monoisotopic (exact) mass is 466 g/mol. The number of rotatable bonds is 4. The van der Waals surface area contributed by atoms with Gasteiger partial charge in [0.15, 0.2) is 0 Å². The Labute approximate surface area is 196 Å². The van der Waals surface area contributed by atoms with Gasteiger partial charge < -0.3 is 24.8 Å². The number of nitrogens with one attached hydrogen (secondary N) is 2. The van der Waals surface area contributed by atoms with Crippen molar-refractivity contribution in [3.63, 3.8) is 0 Å². The number of imide groups is 1. The van der Waals surface area contributed by atoms with E-state index >= 15 is 0 Å². The van der Waals surface area contributed by atoms with Gasteiger partial charge in [0, 0.05) is 50.7 Å². The first-order chi connectivity index (χ1) is 16.3. The van der Waals surface area contributed by atoms with Crippen LogP contribution in [-0.4, -0.2) is 63.4 Å². The highest BCUT2D eigenvalue weighted by Crippen LogP contribution is 2.46. The molecule has 11 heteroatoms. The number of nitrogens with zero attached hydrogens (tertiary/aromatic N) is 4. The number of imidazole rings is 1. The zero-order valence-corrected chi connectivity index (χ0v) is 19.0. The molecule has 34 heavy (non-hydrogen) atoms. The van der Waals surface area contributed by atoms with Crippen molar-refractivity contribution in [1.29, 1.82) is 0 Å². The van der Waals surface area contributed by atoms with E-state index in [1.807, 2.05) is 17.8 Å². The van der Waals surface area contributed by atoms with E-state index in [2.05, 4.69) is 15.6 Å². The first-order valence-corrected chi connectivity index (χ1v) is 11.3. The van der Waals surface area contributed by atoms with Gasteiger partial charge in [-0.25, -0.2) is 19.5 Å². The van der Waals surface area contributed by atoms with E-state index < -0.39 is 17.6 Å². The second-order valence-corrected chi connectivity index (χ2v) is 8.80. The van der Waals surface area contributed by atoms with Crippen molar-refractivity contribution in [2.45, 2.75) is 37.3 Å². The van der Waals surface area contributed by atoms with Crippen LogP contribution < -0.4 is 10.6 Å². The molecule has 0 radical (unpaired) electrons. The second kappa shape index (κ2) is 8.15. The first-order valence-electron chi connectivity index (χ1n) is 11.3. The van der Waals surface area contributed by atoms with Crippen molar-refractivity contribution < 1.29 is 23.9 Å². The fraction of sp³-hybridized carbons (Fsp3) is 0.435. The van der Waals surface area contributed by atoms with Gasteiger partial charge in [-0.05, 0) is 37.0 Å². The number of fused-ring (bicyclic) bond motifs is 2. The van der Waals surface area contributed by atoms with Crippen molar-refractivity contribution in [1.82, 2.24) is 24.7 Å². The van der Waals surface area contributed by atoms with Crippen LogP contribution >= 0.6 is 0 Å². The largest absolute Gasteiger partial charge is 0.427 e. The number of benzene rings is 1. The zero-order chi connectivity index (χ0) is 24.0. The molecule has 1 aromatic heterocycles. The van der Waals surface area contributed by atoms with E-state index in [0.29, 0.717) is 30.6 Å². The van der Waals surface area contributed by atoms with Crippen molar-refractivity contribution in [3.05, 3.63) is 47.5 Å². The fourth-order valence-electron chi connectivity index (χ4n) is 5.18. The van der Waals surface area contributed by atoms with Crippen LogP contribution in [0.2, 0.25) is 0 Å². The fourth-order valence-corrected chi connectivity index (χ4v) is 5.18. The molecule has 2 saturated heterocycles. The second-order valence-electron chi connectivity index (χ2n) is 8.80. The molecule has 5 rings (SSSR count). The summed E-state index contributed by atoms with van der Waals surface area (Å²) in [5.41, 5.74) is 0.559. The molecule has 5 amide bonds. The highest BCUT2D eigenvalue weighted by molar-refractivity contribution is 6.06. The molecule has 2 N–H and O–H groups in total. The van der Waals surface area contributed by atoms with Gasteiger partial charge >= 0.3 is 12.1 Å². The summed E-state index contributed by atoms with van der Waals surface area (Å²) in [6.07, 6.45) is 5.10. The van der Waals surface area contributed by atoms with Crippen LogP contribution in [0.1, 0.15) is 42.3 Å². The number of anilines is 1. The average molecular weight is 466 g/mol. The van der Waals surface area contributed by atoms with Crippen molar-refractivity contribution in [3.8, 4) is 0 Å². The summed E-state index contributed by atoms with van der Waals surface area (Å²) in [6, 6.07) is 4.59. The van der Waals surface area contributed by atoms with Gasteiger partial charge in [0.1, 0.15) is 12.4 Å². The number of aromatic nitrogens is 2. The molecular formula is C23H26N6O5. The molecule has 0 saturated carbocycles. The molecule has 0 bridgehead atoms. The highest BCUT2D eigenvalue weighted by Gasteiger charge is 2.58. The molecule has 3 heterocycles. The third-order valence-electron chi connectivity index (χ3n) is 6.87. The third-order valence-corrected chi connectivity index (χ3v) is 6.87. The van der Waals surface area contributed by atoms with Gasteiger partial charge in [0.05, 0.1) is 6.04 Å². The van der Waals surface area contributed by atoms with Crippen LogP contribution in [0.25, 0.3) is 0 Å². The van der Waals surface area contributed by atoms with Gasteiger partial charge in [-0.3, -0.25) is 9.59 Å². The maximum absolute atomic E-state index is 13.4. The minimum Gasteiger partial charge on any atom is -0.427 e. The topological polar surface area (TPSA) is 126 Å². The number of likely N-dealkylation sites (tertiary alicyclic amines) is 1. The zero-order valence-electron chi connectivity index (χ0n) is 19.0. The number of urea groups is 1. The summed E-state index contributed by atoms with van der Waals surface area (Å²) in [7, 11) is 3.40. The Morgan fingerprint density at radius 2 is 2.12 bits per heavy atom. The lowest BCUT2D eigenvalue weighted by molar-refractivity contribution is -0.142. The number of hydrogen-bond acceptors (Lipinski definition) is 6. The molecule has 1 aliphatic carbocycles. The predicted molar refractivity (Wildman–Crippen MR) is 120 cm³/mol. The Bertz CT molecular complexity index is 1190. The molecular weight excluding hydrogens is 440 g/mol. The Kier molecular flexibility index (Phi) is 5.26. The number of aryl methyl sites for hydroxylation is 2. The molecule has 1 aromatic carbocycles. The van der Waals surface area contributed by atoms with Gasteiger partial charge in [0.25, 0.3) is 5.91 Å². The van der Waals surface area contributed by atoms with Crippen LogP contribution in [0.4, 0.5) is 15.3 Å². The summed E-state index contributed by atoms with van der Waals surface area (Å²) in [6.45, 7) is 0.175. The van der Waals surface area contributed by atoms with Gasteiger partial charge in [-0.15, -0.1) is 0 Å². The summed E-state index contributed by atoms with van der Waals surface area (Å²) < 4.78 is 7.51. The maximum Gasteiger partial charge on any atom is 0.418 e. The number of amides is 5. The smallest absolute Gasteiger partial charge is 0.418 e. The Morgan fingerprint density at radius 3 is 2.85 bits per heavy atom. The number of carbonyl (C=O) groups excluding carboxylic acids is 4. The Hall–Kier alpha value is -3.89. The normalized spacial score (nSPS) is 23.4. The summed E-state index contributed by atoms with van der Waals surface area (Å²) in [5.74, 6) is -0.0518. The van der Waals surface area contributed by atoms with Crippen molar-refractivity contribution >= 4 is 29.6 Å². The van der Waals surface area contributed by atoms with Gasteiger partial charge in [-0.1, -0.05) is 6.07 Å². The SMILES string of the molecule is CNC(=O)Nc1ccc2c(c1)CC[C@@]21OC(=O)N(CC(=O)N2CCC[C@H]2c2nccn2C)C1=O. The van der Waals surface area contributed by atoms with Crippen LogP contribution in [0.5, 0.6) is 0 Å². The maximum atomic E-state index is 13.4. The predicted octanol–water partition coefficient (Wildman–Crippen LogP) is 1.66. The lowest BCUT2D eigenvalue weighted by atomic mass is 9.94. The standard InChI is InChI=1S/C23H26N6O5/c1-24-21(32)26-15-5-6-16-14(12-15)7-8-23(16)20(31)29(22(33)34-23)13-18(30)28-10-3-4-17(28)19-25-9-11-27(19)2/h5-6,9,11-12,17H,3-4,7-8,10,13H2,1-2H3,(H2,24,26,32)/t17-,23+/m0/s1. The average Bonchev–Trinajstić information content (AvgIpc) is 3.58. The van der Waals surface area contributed by atoms with Gasteiger partial charge in [-0.2, -0.15) is 0 Å². The third kappa shape index (κ3) is 3.39. The van der Waals surface area contributed by atoms with Crippen LogP contribution in [-0.2, 0) is 33.4 Å². The van der Waals surface area contributed by atoms with E-state index in [0.717, 1.165) is 29.1 Å². The molecule has 2 atom stereocenters. The van der Waals surface area contributed by atoms with Gasteiger partial charge in [0.2, 0.25) is 11.5 Å². The lowest BCUT2D eigenvalue weighted by Crippen LogP contribution is -2.44. The highest BCUT2D eigenvalue weighted by atomic mass is 16.6. The minimum atomic E-state index is -1.43. The van der Waals surface area contributed by atoms with E-state index in [9.17, 15) is 19.2 Å². The summed E-state index contributed by atoms with van der Waals surface area (Å²) in [5, 5.41) is 5.18. The molecule has 2 aromatic rings. The summed E-state index contributed by atoms with van der Waals surface area (Å²) >= 11 is 0. The minimum absolute atomic E-state index is 0.186. The lowest BCUT2D eigenvalue weighted by Gasteiger charge is -2.26. The first kappa shape index (κ1) is 21.9. The number of hydrogen-bond donors (Lipinski definition) is 2. The Morgan fingerprint density at radius 1 is 1.29 bits per heavy atom. The summed E-state index contributed by atoms with van der Waals surface area (Å²) in [4.78, 5) is 57.9. The molecule has 0 unspecified atom stereocenters. The molecule has 178 valence electrons. The van der Waals surface area contributed by atoms with E-state index in [1.165, 1.54) is 7.05 Å².